The average Bonchev–Trinajstić information content (AvgIpc) is 2.83. The average molecular weight is 425 g/mol. The fourth-order valence-electron chi connectivity index (χ4n) is 3.18. The van der Waals surface area contributed by atoms with Crippen LogP contribution in [0.15, 0.2) is 88.1 Å². The minimum Gasteiger partial charge on any atom is -0.423 e. The number of hydroxylamine groups is 1. The molecule has 7 heteroatoms. The van der Waals surface area contributed by atoms with Crippen molar-refractivity contribution in [1.29, 1.82) is 5.26 Å². The van der Waals surface area contributed by atoms with E-state index in [0.29, 0.717) is 28.9 Å². The maximum Gasteiger partial charge on any atom is 0.336 e. The first-order valence-corrected chi connectivity index (χ1v) is 9.89. The van der Waals surface area contributed by atoms with Crippen LogP contribution in [0.25, 0.3) is 11.0 Å². The zero-order valence-corrected chi connectivity index (χ0v) is 17.0. The molecular weight excluding hydrogens is 406 g/mol. The Morgan fingerprint density at radius 1 is 0.969 bits per heavy atom. The van der Waals surface area contributed by atoms with Gasteiger partial charge in [-0.15, -0.1) is 0 Å². The van der Waals surface area contributed by atoms with Gasteiger partial charge in [0.1, 0.15) is 5.58 Å². The Kier molecular flexibility index (Phi) is 6.25. The van der Waals surface area contributed by atoms with Crippen molar-refractivity contribution in [2.75, 3.05) is 5.32 Å². The lowest BCUT2D eigenvalue weighted by Crippen LogP contribution is -2.24. The van der Waals surface area contributed by atoms with Crippen molar-refractivity contribution in [1.82, 2.24) is 5.48 Å². The second kappa shape index (κ2) is 9.60. The highest BCUT2D eigenvalue weighted by atomic mass is 16.6. The quantitative estimate of drug-likeness (QED) is 0.341. The van der Waals surface area contributed by atoms with E-state index in [4.69, 9.17) is 14.5 Å². The molecule has 4 rings (SSSR count). The van der Waals surface area contributed by atoms with E-state index in [1.165, 1.54) is 6.07 Å². The fourth-order valence-corrected chi connectivity index (χ4v) is 3.18. The van der Waals surface area contributed by atoms with Gasteiger partial charge < -0.3 is 9.73 Å². The molecule has 0 atom stereocenters. The number of hydrogen-bond donors (Lipinski definition) is 2. The lowest BCUT2D eigenvalue weighted by Gasteiger charge is -2.13. The molecule has 1 aromatic heterocycles. The molecule has 0 saturated carbocycles. The van der Waals surface area contributed by atoms with Gasteiger partial charge in [0, 0.05) is 23.7 Å². The highest BCUT2D eigenvalue weighted by molar-refractivity contribution is 5.99. The molecule has 0 saturated heterocycles. The van der Waals surface area contributed by atoms with E-state index in [1.807, 2.05) is 24.3 Å². The van der Waals surface area contributed by atoms with Crippen molar-refractivity contribution < 1.29 is 14.0 Å². The minimum atomic E-state index is -0.385. The number of benzene rings is 3. The van der Waals surface area contributed by atoms with E-state index in [2.05, 4.69) is 16.9 Å². The van der Waals surface area contributed by atoms with Crippen LogP contribution in [0, 0.1) is 11.3 Å². The number of nitrogens with one attached hydrogen (secondary N) is 2. The zero-order chi connectivity index (χ0) is 22.3. The van der Waals surface area contributed by atoms with Gasteiger partial charge in [0.15, 0.2) is 0 Å². The molecule has 0 aliphatic carbocycles. The number of fused-ring (bicyclic) bond motifs is 1. The molecule has 0 radical (unpaired) electrons. The molecular formula is C25H19N3O4. The maximum atomic E-state index is 12.6. The third-order valence-corrected chi connectivity index (χ3v) is 4.83. The molecule has 0 fully saturated rings. The molecule has 158 valence electrons. The smallest absolute Gasteiger partial charge is 0.336 e. The first-order valence-electron chi connectivity index (χ1n) is 9.89. The highest BCUT2D eigenvalue weighted by Gasteiger charge is 2.11. The van der Waals surface area contributed by atoms with Gasteiger partial charge in [-0.2, -0.15) is 5.26 Å². The van der Waals surface area contributed by atoms with Gasteiger partial charge >= 0.3 is 5.63 Å². The van der Waals surface area contributed by atoms with E-state index in [1.54, 1.807) is 48.5 Å². The maximum absolute atomic E-state index is 12.6. The molecule has 7 nitrogen and oxygen atoms in total. The van der Waals surface area contributed by atoms with Crippen LogP contribution in [0.3, 0.4) is 0 Å². The molecule has 32 heavy (non-hydrogen) atoms. The van der Waals surface area contributed by atoms with Gasteiger partial charge in [0.2, 0.25) is 0 Å². The standard InChI is InChI=1S/C25H19N3O4/c26-14-17-5-7-18(8-6-17)16-31-28-25(30)21-3-1-2-4-22(21)27-15-19-9-11-23-20(13-19)10-12-24(29)32-23/h1-13,27H,15-16H2,(H,28,30). The largest absolute Gasteiger partial charge is 0.423 e. The van der Waals surface area contributed by atoms with Crippen LogP contribution in [-0.2, 0) is 18.0 Å². The Morgan fingerprint density at radius 3 is 2.56 bits per heavy atom. The Balaban J connectivity index is 1.38. The SMILES string of the molecule is N#Cc1ccc(CONC(=O)c2ccccc2NCc2ccc3oc(=O)ccc3c2)cc1. The van der Waals surface area contributed by atoms with E-state index in [0.717, 1.165) is 16.5 Å². The third kappa shape index (κ3) is 5.01. The summed E-state index contributed by atoms with van der Waals surface area (Å²) in [6.45, 7) is 0.658. The monoisotopic (exact) mass is 425 g/mol. The summed E-state index contributed by atoms with van der Waals surface area (Å²) >= 11 is 0. The van der Waals surface area contributed by atoms with Gasteiger partial charge in [-0.05, 0) is 53.6 Å². The summed E-state index contributed by atoms with van der Waals surface area (Å²) in [5.41, 5.74) is 6.07. The normalized spacial score (nSPS) is 10.5. The number of carbonyl (C=O) groups excluding carboxylic acids is 1. The summed E-state index contributed by atoms with van der Waals surface area (Å²) in [4.78, 5) is 29.3. The molecule has 1 amide bonds. The summed E-state index contributed by atoms with van der Waals surface area (Å²) < 4.78 is 5.15. The predicted octanol–water partition coefficient (Wildman–Crippen LogP) is 4.14. The number of para-hydroxylation sites is 1. The highest BCUT2D eigenvalue weighted by Crippen LogP contribution is 2.19. The summed E-state index contributed by atoms with van der Waals surface area (Å²) in [5.74, 6) is -0.373. The fraction of sp³-hybridized carbons (Fsp3) is 0.0800. The van der Waals surface area contributed by atoms with Crippen molar-refractivity contribution in [3.8, 4) is 6.07 Å². The van der Waals surface area contributed by atoms with E-state index in [9.17, 15) is 9.59 Å². The Morgan fingerprint density at radius 2 is 1.75 bits per heavy atom. The van der Waals surface area contributed by atoms with Crippen LogP contribution in [0.1, 0.15) is 27.0 Å². The second-order valence-corrected chi connectivity index (χ2v) is 7.05. The summed E-state index contributed by atoms with van der Waals surface area (Å²) in [6, 6.07) is 24.8. The number of hydrogen-bond acceptors (Lipinski definition) is 6. The Labute approximate surface area is 183 Å². The first kappa shape index (κ1) is 20.8. The van der Waals surface area contributed by atoms with Gasteiger partial charge in [-0.3, -0.25) is 9.63 Å². The number of amides is 1. The molecule has 0 spiro atoms. The number of nitriles is 1. The molecule has 1 heterocycles. The summed E-state index contributed by atoms with van der Waals surface area (Å²) in [5, 5.41) is 12.9. The van der Waals surface area contributed by atoms with Crippen LogP contribution in [0.4, 0.5) is 5.69 Å². The van der Waals surface area contributed by atoms with E-state index in [-0.39, 0.29) is 18.1 Å². The van der Waals surface area contributed by atoms with Crippen LogP contribution in [0.5, 0.6) is 0 Å². The van der Waals surface area contributed by atoms with Crippen LogP contribution >= 0.6 is 0 Å². The first-order chi connectivity index (χ1) is 15.6. The lowest BCUT2D eigenvalue weighted by atomic mass is 10.1. The summed E-state index contributed by atoms with van der Waals surface area (Å²) in [7, 11) is 0. The molecule has 3 aromatic carbocycles. The predicted molar refractivity (Wildman–Crippen MR) is 120 cm³/mol. The lowest BCUT2D eigenvalue weighted by molar-refractivity contribution is 0.0234. The van der Waals surface area contributed by atoms with Gasteiger partial charge in [-0.1, -0.05) is 30.3 Å². The van der Waals surface area contributed by atoms with Gasteiger partial charge in [-0.25, -0.2) is 10.3 Å². The molecule has 0 unspecified atom stereocenters. The number of rotatable bonds is 7. The Hall–Kier alpha value is -4.41. The zero-order valence-electron chi connectivity index (χ0n) is 17.0. The van der Waals surface area contributed by atoms with Crippen molar-refractivity contribution in [3.05, 3.63) is 112 Å². The molecule has 0 aliphatic rings. The Bertz CT molecular complexity index is 1350. The van der Waals surface area contributed by atoms with Crippen LogP contribution < -0.4 is 16.4 Å². The number of anilines is 1. The van der Waals surface area contributed by atoms with E-state index < -0.39 is 0 Å². The van der Waals surface area contributed by atoms with Crippen LogP contribution in [-0.4, -0.2) is 5.91 Å². The summed E-state index contributed by atoms with van der Waals surface area (Å²) in [6.07, 6.45) is 0. The molecule has 0 bridgehead atoms. The third-order valence-electron chi connectivity index (χ3n) is 4.83. The second-order valence-electron chi connectivity index (χ2n) is 7.05. The topological polar surface area (TPSA) is 104 Å². The van der Waals surface area contributed by atoms with Gasteiger partial charge in [0.05, 0.1) is 23.8 Å². The van der Waals surface area contributed by atoms with E-state index >= 15 is 0 Å². The van der Waals surface area contributed by atoms with Crippen LogP contribution in [0.2, 0.25) is 0 Å². The molecule has 4 aromatic rings. The number of carbonyl (C=O) groups is 1. The van der Waals surface area contributed by atoms with Crippen molar-refractivity contribution >= 4 is 22.6 Å². The van der Waals surface area contributed by atoms with Crippen molar-refractivity contribution in [2.45, 2.75) is 13.2 Å². The minimum absolute atomic E-state index is 0.181. The molecule has 0 aliphatic heterocycles. The van der Waals surface area contributed by atoms with Gasteiger partial charge in [0.25, 0.3) is 5.91 Å². The van der Waals surface area contributed by atoms with Crippen molar-refractivity contribution in [2.24, 2.45) is 0 Å². The van der Waals surface area contributed by atoms with Crippen molar-refractivity contribution in [3.63, 3.8) is 0 Å². The molecule has 2 N–H and O–H groups in total. The number of nitrogens with zero attached hydrogens (tertiary/aromatic N) is 1.